The summed E-state index contributed by atoms with van der Waals surface area (Å²) < 4.78 is 52.8. The van der Waals surface area contributed by atoms with Crippen LogP contribution in [0.3, 0.4) is 0 Å². The number of ether oxygens (including phenoxy) is 1. The van der Waals surface area contributed by atoms with Crippen LogP contribution in [0.15, 0.2) is 74.9 Å². The van der Waals surface area contributed by atoms with E-state index < -0.39 is 30.2 Å². The summed E-state index contributed by atoms with van der Waals surface area (Å²) in [5.41, 5.74) is 0.212. The SMILES string of the molecule is [2H]C([2H])([2H])OCCn1c2c(C(=O)Nc3ccc(F)c(C(=O)Nc4ccn(C)n4)c3)nc(C)cc2c(=O)n1-c1ccc(-c2c(C)on(C)c2=O)cc1. The van der Waals surface area contributed by atoms with Crippen molar-refractivity contribution in [1.82, 2.24) is 28.9 Å². The number of rotatable bonds is 9. The summed E-state index contributed by atoms with van der Waals surface area (Å²) in [4.78, 5) is 57.8. The molecule has 2 aromatic carbocycles. The van der Waals surface area contributed by atoms with Gasteiger partial charge in [0.15, 0.2) is 11.5 Å². The van der Waals surface area contributed by atoms with Crippen molar-refractivity contribution in [2.75, 3.05) is 24.3 Å². The smallest absolute Gasteiger partial charge is 0.290 e. The number of benzene rings is 2. The van der Waals surface area contributed by atoms with Gasteiger partial charge in [-0.1, -0.05) is 12.1 Å². The zero-order valence-electron chi connectivity index (χ0n) is 29.2. The monoisotopic (exact) mass is 657 g/mol. The highest BCUT2D eigenvalue weighted by atomic mass is 19.1. The first-order valence-corrected chi connectivity index (χ1v) is 14.6. The van der Waals surface area contributed by atoms with Gasteiger partial charge in [-0.3, -0.25) is 28.5 Å². The fourth-order valence-electron chi connectivity index (χ4n) is 5.50. The number of aromatic nitrogens is 6. The number of fused-ring (bicyclic) bond motifs is 1. The highest BCUT2D eigenvalue weighted by Gasteiger charge is 2.24. The van der Waals surface area contributed by atoms with Crippen LogP contribution in [0.5, 0.6) is 0 Å². The third-order valence-electron chi connectivity index (χ3n) is 7.61. The average molecular weight is 658 g/mol. The predicted octanol–water partition coefficient (Wildman–Crippen LogP) is 3.79. The van der Waals surface area contributed by atoms with E-state index in [1.54, 1.807) is 51.4 Å². The Kier molecular flexibility index (Phi) is 7.39. The second-order valence-electron chi connectivity index (χ2n) is 10.9. The molecule has 0 atom stereocenters. The average Bonchev–Trinajstić information content (AvgIpc) is 3.68. The molecule has 15 heteroatoms. The Morgan fingerprint density at radius 2 is 1.77 bits per heavy atom. The molecule has 6 aromatic rings. The van der Waals surface area contributed by atoms with E-state index >= 15 is 0 Å². The number of hydrogen-bond donors (Lipinski definition) is 2. The number of hydrogen-bond acceptors (Lipinski definition) is 8. The number of carbonyl (C=O) groups excluding carboxylic acids is 2. The van der Waals surface area contributed by atoms with Crippen molar-refractivity contribution in [2.45, 2.75) is 20.4 Å². The minimum atomic E-state index is -2.73. The Hall–Kier alpha value is -6.09. The summed E-state index contributed by atoms with van der Waals surface area (Å²) in [5.74, 6) is -1.83. The maximum Gasteiger partial charge on any atom is 0.290 e. The van der Waals surface area contributed by atoms with Crippen LogP contribution in [0.2, 0.25) is 0 Å². The van der Waals surface area contributed by atoms with E-state index in [0.717, 1.165) is 16.9 Å². The highest BCUT2D eigenvalue weighted by Crippen LogP contribution is 2.25. The summed E-state index contributed by atoms with van der Waals surface area (Å²) in [6.07, 6.45) is 1.60. The van der Waals surface area contributed by atoms with Crippen LogP contribution >= 0.6 is 0 Å². The second-order valence-corrected chi connectivity index (χ2v) is 10.9. The number of halogens is 1. The molecule has 0 fully saturated rings. The number of aryl methyl sites for hydroxylation is 4. The van der Waals surface area contributed by atoms with Crippen LogP contribution in [0.25, 0.3) is 27.7 Å². The van der Waals surface area contributed by atoms with Crippen molar-refractivity contribution < 1.29 is 27.4 Å². The minimum Gasteiger partial charge on any atom is -0.383 e. The molecule has 2 N–H and O–H groups in total. The first-order valence-electron chi connectivity index (χ1n) is 16.1. The van der Waals surface area contributed by atoms with Gasteiger partial charge in [0, 0.05) is 44.8 Å². The molecule has 0 aliphatic heterocycles. The van der Waals surface area contributed by atoms with Crippen molar-refractivity contribution in [3.05, 3.63) is 110 Å². The molecule has 0 aliphatic rings. The standard InChI is InChI=1S/C33H31FN8O6/c1-18-16-24-29(28(35-18)31(44)36-21-8-11-25(34)23(17-21)30(43)37-26-12-13-39(3)38-26)41(14-15-47-5)42(32(24)45)22-9-6-20(7-10-22)27-19(2)48-40(4)33(27)46/h6-13,16-17H,14-15H2,1-5H3,(H,36,44)(H,37,38,43)/i5D3. The van der Waals surface area contributed by atoms with E-state index in [-0.39, 0.29) is 52.4 Å². The largest absolute Gasteiger partial charge is 0.383 e. The van der Waals surface area contributed by atoms with E-state index in [1.165, 1.54) is 39.3 Å². The number of methoxy groups -OCH3 is 1. The Morgan fingerprint density at radius 3 is 2.44 bits per heavy atom. The molecule has 6 rings (SSSR count). The minimum absolute atomic E-state index is 0.0550. The van der Waals surface area contributed by atoms with Crippen LogP contribution < -0.4 is 21.8 Å². The summed E-state index contributed by atoms with van der Waals surface area (Å²) in [6, 6.07) is 12.9. The van der Waals surface area contributed by atoms with Crippen LogP contribution in [0.4, 0.5) is 15.9 Å². The van der Waals surface area contributed by atoms with Gasteiger partial charge in [0.1, 0.15) is 17.1 Å². The van der Waals surface area contributed by atoms with Gasteiger partial charge in [0.2, 0.25) is 0 Å². The van der Waals surface area contributed by atoms with Crippen LogP contribution in [0.1, 0.15) is 36.4 Å². The molecular formula is C33H31FN8O6. The molecule has 0 bridgehead atoms. The summed E-state index contributed by atoms with van der Waals surface area (Å²) >= 11 is 0. The number of amides is 2. The van der Waals surface area contributed by atoms with E-state index in [0.29, 0.717) is 28.3 Å². The summed E-state index contributed by atoms with van der Waals surface area (Å²) in [6.45, 7) is 2.68. The molecule has 0 spiro atoms. The van der Waals surface area contributed by atoms with Crippen molar-refractivity contribution in [1.29, 1.82) is 0 Å². The molecule has 0 saturated heterocycles. The first kappa shape index (κ1) is 28.2. The first-order chi connectivity index (χ1) is 24.1. The lowest BCUT2D eigenvalue weighted by molar-refractivity contribution is 0.101. The van der Waals surface area contributed by atoms with Crippen molar-refractivity contribution in [3.8, 4) is 16.8 Å². The summed E-state index contributed by atoms with van der Waals surface area (Å²) in [5, 5.41) is 9.27. The lowest BCUT2D eigenvalue weighted by Crippen LogP contribution is -2.23. The summed E-state index contributed by atoms with van der Waals surface area (Å²) in [7, 11) is 0.412. The predicted molar refractivity (Wildman–Crippen MR) is 175 cm³/mol. The molecule has 4 aromatic heterocycles. The highest BCUT2D eigenvalue weighted by molar-refractivity contribution is 6.11. The van der Waals surface area contributed by atoms with Gasteiger partial charge >= 0.3 is 0 Å². The molecule has 0 aliphatic carbocycles. The van der Waals surface area contributed by atoms with Gasteiger partial charge in [-0.15, -0.1) is 0 Å². The lowest BCUT2D eigenvalue weighted by atomic mass is 10.1. The van der Waals surface area contributed by atoms with Gasteiger partial charge in [-0.2, -0.15) is 9.84 Å². The zero-order valence-corrected chi connectivity index (χ0v) is 26.2. The lowest BCUT2D eigenvalue weighted by Gasteiger charge is -2.15. The molecule has 14 nitrogen and oxygen atoms in total. The Labute approximate surface area is 276 Å². The quantitative estimate of drug-likeness (QED) is 0.238. The van der Waals surface area contributed by atoms with Gasteiger partial charge in [-0.25, -0.2) is 14.1 Å². The zero-order chi connectivity index (χ0) is 36.8. The Bertz CT molecular complexity index is 2440. The number of carbonyl (C=O) groups is 2. The molecule has 246 valence electrons. The molecule has 0 radical (unpaired) electrons. The number of pyridine rings is 1. The molecule has 2 amide bonds. The molecule has 0 saturated carbocycles. The normalized spacial score (nSPS) is 12.5. The fourth-order valence-corrected chi connectivity index (χ4v) is 5.50. The number of nitrogens with one attached hydrogen (secondary N) is 2. The molecule has 48 heavy (non-hydrogen) atoms. The van der Waals surface area contributed by atoms with E-state index in [2.05, 4.69) is 20.7 Å². The van der Waals surface area contributed by atoms with Crippen molar-refractivity contribution in [3.63, 3.8) is 0 Å². The maximum atomic E-state index is 14.7. The van der Waals surface area contributed by atoms with Gasteiger partial charge in [0.25, 0.3) is 22.9 Å². The Balaban J connectivity index is 1.41. The third-order valence-corrected chi connectivity index (χ3v) is 7.61. The second kappa shape index (κ2) is 12.6. The molecular weight excluding hydrogens is 623 g/mol. The molecule has 0 unspecified atom stereocenters. The number of anilines is 2. The van der Waals surface area contributed by atoms with Gasteiger partial charge in [-0.05, 0) is 55.8 Å². The third kappa shape index (κ3) is 5.82. The van der Waals surface area contributed by atoms with Crippen molar-refractivity contribution in [2.24, 2.45) is 14.1 Å². The van der Waals surface area contributed by atoms with Crippen LogP contribution in [-0.4, -0.2) is 54.3 Å². The topological polar surface area (TPSA) is 160 Å². The van der Waals surface area contributed by atoms with Crippen molar-refractivity contribution >= 4 is 34.2 Å². The molecule has 4 heterocycles. The number of nitrogens with zero attached hydrogens (tertiary/aromatic N) is 6. The maximum absolute atomic E-state index is 14.7. The fraction of sp³-hybridized carbons (Fsp3) is 0.212. The van der Waals surface area contributed by atoms with E-state index in [9.17, 15) is 23.6 Å². The van der Waals surface area contributed by atoms with Gasteiger partial charge < -0.3 is 19.9 Å². The van der Waals surface area contributed by atoms with E-state index in [4.69, 9.17) is 13.4 Å². The van der Waals surface area contributed by atoms with Gasteiger partial charge in [0.05, 0.1) is 39.5 Å². The van der Waals surface area contributed by atoms with Crippen LogP contribution in [0, 0.1) is 19.7 Å². The van der Waals surface area contributed by atoms with Crippen LogP contribution in [-0.2, 0) is 25.4 Å². The van der Waals surface area contributed by atoms with E-state index in [1.807, 2.05) is 0 Å². The Morgan fingerprint density at radius 1 is 1.00 bits per heavy atom.